The molecule has 1 aliphatic heterocycles. The lowest BCUT2D eigenvalue weighted by molar-refractivity contribution is -0.138. The lowest BCUT2D eigenvalue weighted by Crippen LogP contribution is -2.40. The van der Waals surface area contributed by atoms with E-state index in [0.717, 1.165) is 0 Å². The highest BCUT2D eigenvalue weighted by Gasteiger charge is 2.50. The summed E-state index contributed by atoms with van der Waals surface area (Å²) >= 11 is 0. The zero-order valence-corrected chi connectivity index (χ0v) is 9.02. The molecule has 2 N–H and O–H groups in total. The number of para-hydroxylation sites is 1. The van der Waals surface area contributed by atoms with E-state index >= 15 is 0 Å². The van der Waals surface area contributed by atoms with Crippen molar-refractivity contribution in [3.8, 4) is 5.75 Å². The predicted octanol–water partition coefficient (Wildman–Crippen LogP) is -0.724. The highest BCUT2D eigenvalue weighted by atomic mass is 16.6. The van der Waals surface area contributed by atoms with Crippen molar-refractivity contribution in [2.45, 2.75) is 12.2 Å². The smallest absolute Gasteiger partial charge is 0.410 e. The first-order valence-electron chi connectivity index (χ1n) is 5.03. The van der Waals surface area contributed by atoms with Gasteiger partial charge in [-0.3, -0.25) is 9.59 Å². The first-order chi connectivity index (χ1) is 8.52. The Morgan fingerprint density at radius 3 is 2.06 bits per heavy atom. The number of amides is 3. The second-order valence-electron chi connectivity index (χ2n) is 3.58. The van der Waals surface area contributed by atoms with Crippen LogP contribution in [-0.2, 0) is 9.59 Å². The first-order valence-corrected chi connectivity index (χ1v) is 5.03. The van der Waals surface area contributed by atoms with Gasteiger partial charge >= 0.3 is 6.09 Å². The van der Waals surface area contributed by atoms with Gasteiger partial charge in [0.05, 0.1) is 0 Å². The summed E-state index contributed by atoms with van der Waals surface area (Å²) < 4.78 is 4.76. The lowest BCUT2D eigenvalue weighted by atomic mass is 10.2. The Morgan fingerprint density at radius 2 is 1.56 bits per heavy atom. The molecule has 1 aromatic rings. The van der Waals surface area contributed by atoms with Crippen LogP contribution in [-0.4, -0.2) is 45.2 Å². The van der Waals surface area contributed by atoms with Crippen LogP contribution >= 0.6 is 0 Å². The third-order valence-electron chi connectivity index (χ3n) is 2.38. The molecule has 7 heteroatoms. The van der Waals surface area contributed by atoms with Gasteiger partial charge in [0.25, 0.3) is 11.8 Å². The van der Waals surface area contributed by atoms with Gasteiger partial charge < -0.3 is 14.9 Å². The molecule has 0 radical (unpaired) electrons. The van der Waals surface area contributed by atoms with Gasteiger partial charge in [-0.15, -0.1) is 0 Å². The molecule has 2 unspecified atom stereocenters. The van der Waals surface area contributed by atoms with Crippen molar-refractivity contribution in [3.63, 3.8) is 0 Å². The minimum absolute atomic E-state index is 0.0856. The quantitative estimate of drug-likeness (QED) is 0.638. The Kier molecular flexibility index (Phi) is 3.09. The highest BCUT2D eigenvalue weighted by molar-refractivity contribution is 6.17. The van der Waals surface area contributed by atoms with E-state index < -0.39 is 30.1 Å². The van der Waals surface area contributed by atoms with Crippen LogP contribution in [0.4, 0.5) is 4.79 Å². The Labute approximate surface area is 101 Å². The molecule has 1 heterocycles. The van der Waals surface area contributed by atoms with Crippen LogP contribution in [0, 0.1) is 0 Å². The minimum Gasteiger partial charge on any atom is -0.410 e. The minimum atomic E-state index is -1.93. The molecule has 1 aliphatic rings. The van der Waals surface area contributed by atoms with Crippen LogP contribution in [0.3, 0.4) is 0 Å². The molecular weight excluding hydrogens is 242 g/mol. The van der Waals surface area contributed by atoms with Crippen LogP contribution in [0.2, 0.25) is 0 Å². The van der Waals surface area contributed by atoms with E-state index in [0.29, 0.717) is 0 Å². The molecule has 0 bridgehead atoms. The SMILES string of the molecule is O=C(Oc1ccccc1)N1C(=O)C(O)C(O)C1=O. The summed E-state index contributed by atoms with van der Waals surface area (Å²) in [7, 11) is 0. The third-order valence-corrected chi connectivity index (χ3v) is 2.38. The van der Waals surface area contributed by atoms with Crippen molar-refractivity contribution in [1.29, 1.82) is 0 Å². The summed E-state index contributed by atoms with van der Waals surface area (Å²) in [5.74, 6) is -2.26. The number of nitrogens with zero attached hydrogens (tertiary/aromatic N) is 1. The molecule has 7 nitrogen and oxygen atoms in total. The van der Waals surface area contributed by atoms with Gasteiger partial charge in [-0.25, -0.2) is 4.79 Å². The number of aliphatic hydroxyl groups excluding tert-OH is 2. The zero-order chi connectivity index (χ0) is 13.3. The summed E-state index contributed by atoms with van der Waals surface area (Å²) in [5, 5.41) is 18.3. The summed E-state index contributed by atoms with van der Waals surface area (Å²) in [6.45, 7) is 0. The normalized spacial score (nSPS) is 23.3. The predicted molar refractivity (Wildman–Crippen MR) is 56.3 cm³/mol. The summed E-state index contributed by atoms with van der Waals surface area (Å²) in [5.41, 5.74) is 0. The van der Waals surface area contributed by atoms with Gasteiger partial charge in [-0.05, 0) is 12.1 Å². The van der Waals surface area contributed by atoms with Crippen LogP contribution in [0.1, 0.15) is 0 Å². The maximum Gasteiger partial charge on any atom is 0.429 e. The van der Waals surface area contributed by atoms with Gasteiger partial charge in [0.2, 0.25) is 0 Å². The second kappa shape index (κ2) is 4.55. The van der Waals surface area contributed by atoms with E-state index in [4.69, 9.17) is 14.9 Å². The fraction of sp³-hybridized carbons (Fsp3) is 0.182. The fourth-order valence-electron chi connectivity index (χ4n) is 1.46. The topological polar surface area (TPSA) is 104 Å². The fourth-order valence-corrected chi connectivity index (χ4v) is 1.46. The van der Waals surface area contributed by atoms with Crippen LogP contribution < -0.4 is 4.74 Å². The molecule has 2 rings (SSSR count). The average Bonchev–Trinajstić information content (AvgIpc) is 2.55. The van der Waals surface area contributed by atoms with Gasteiger partial charge in [0, 0.05) is 0 Å². The highest BCUT2D eigenvalue weighted by Crippen LogP contribution is 2.17. The van der Waals surface area contributed by atoms with Gasteiger partial charge in [-0.2, -0.15) is 4.90 Å². The van der Waals surface area contributed by atoms with Crippen LogP contribution in [0.25, 0.3) is 0 Å². The number of carbonyl (C=O) groups is 3. The van der Waals surface area contributed by atoms with E-state index in [1.165, 1.54) is 12.1 Å². The van der Waals surface area contributed by atoms with E-state index in [1.54, 1.807) is 18.2 Å². The van der Waals surface area contributed by atoms with Crippen molar-refractivity contribution in [2.24, 2.45) is 0 Å². The van der Waals surface area contributed by atoms with Gasteiger partial charge in [0.1, 0.15) is 5.75 Å². The number of hydrogen-bond acceptors (Lipinski definition) is 6. The van der Waals surface area contributed by atoms with Crippen molar-refractivity contribution < 1.29 is 29.3 Å². The third kappa shape index (κ3) is 1.96. The maximum absolute atomic E-state index is 11.6. The van der Waals surface area contributed by atoms with Crippen molar-refractivity contribution in [3.05, 3.63) is 30.3 Å². The maximum atomic E-state index is 11.6. The summed E-state index contributed by atoms with van der Waals surface area (Å²) in [6.07, 6.45) is -5.12. The Morgan fingerprint density at radius 1 is 1.06 bits per heavy atom. The molecule has 1 fully saturated rings. The van der Waals surface area contributed by atoms with Gasteiger partial charge in [-0.1, -0.05) is 18.2 Å². The molecule has 3 amide bonds. The van der Waals surface area contributed by atoms with E-state index in [1.807, 2.05) is 0 Å². The van der Waals surface area contributed by atoms with Gasteiger partial charge in [0.15, 0.2) is 12.2 Å². The number of rotatable bonds is 1. The molecule has 0 saturated carbocycles. The molecular formula is C11H9NO6. The zero-order valence-electron chi connectivity index (χ0n) is 9.02. The number of hydrogen-bond donors (Lipinski definition) is 2. The Balaban J connectivity index is 2.15. The Bertz CT molecular complexity index is 480. The molecule has 0 spiro atoms. The molecule has 94 valence electrons. The average molecular weight is 251 g/mol. The molecule has 2 atom stereocenters. The largest absolute Gasteiger partial charge is 0.429 e. The van der Waals surface area contributed by atoms with E-state index in [9.17, 15) is 14.4 Å². The monoisotopic (exact) mass is 251 g/mol. The molecule has 0 aliphatic carbocycles. The number of carbonyl (C=O) groups excluding carboxylic acids is 3. The molecule has 1 saturated heterocycles. The van der Waals surface area contributed by atoms with Crippen molar-refractivity contribution >= 4 is 17.9 Å². The molecule has 0 aromatic heterocycles. The number of ether oxygens (including phenoxy) is 1. The van der Waals surface area contributed by atoms with Crippen LogP contribution in [0.15, 0.2) is 30.3 Å². The lowest BCUT2D eigenvalue weighted by Gasteiger charge is -2.11. The molecule has 18 heavy (non-hydrogen) atoms. The second-order valence-corrected chi connectivity index (χ2v) is 3.58. The van der Waals surface area contributed by atoms with E-state index in [2.05, 4.69) is 0 Å². The van der Waals surface area contributed by atoms with Crippen molar-refractivity contribution in [1.82, 2.24) is 4.90 Å². The van der Waals surface area contributed by atoms with Crippen LogP contribution in [0.5, 0.6) is 5.75 Å². The number of aliphatic hydroxyl groups is 2. The summed E-state index contributed by atoms with van der Waals surface area (Å²) in [4.78, 5) is 34.4. The first kappa shape index (κ1) is 12.2. The standard InChI is InChI=1S/C11H9NO6/c13-7-8(14)10(16)12(9(7)15)11(17)18-6-4-2-1-3-5-6/h1-5,7-8,13-14H. The summed E-state index contributed by atoms with van der Waals surface area (Å²) in [6, 6.07) is 7.79. The van der Waals surface area contributed by atoms with Crippen molar-refractivity contribution in [2.75, 3.05) is 0 Å². The number of imide groups is 3. The Hall–Kier alpha value is -2.25. The number of benzene rings is 1. The number of likely N-dealkylation sites (tertiary alicyclic amines) is 1. The van der Waals surface area contributed by atoms with E-state index in [-0.39, 0.29) is 10.6 Å². The molecule has 1 aromatic carbocycles.